The number of nitrogens with zero attached hydrogens (tertiary/aromatic N) is 8. The molecule has 14 aromatic rings. The number of ketones is 4. The number of rotatable bonds is 26. The quantitative estimate of drug-likeness (QED) is 0.0104. The number of fused-ring (bicyclic) bond motifs is 4. The summed E-state index contributed by atoms with van der Waals surface area (Å²) in [5, 5.41) is 22.1. The van der Waals surface area contributed by atoms with E-state index in [1.165, 1.54) is 85.4 Å². The van der Waals surface area contributed by atoms with E-state index in [1.54, 1.807) is 127 Å². The zero-order valence-corrected chi connectivity index (χ0v) is 63.3. The summed E-state index contributed by atoms with van der Waals surface area (Å²) in [5.41, 5.74) is 0.458. The van der Waals surface area contributed by atoms with E-state index >= 15 is 0 Å². The number of aryl methyl sites for hydroxylation is 2. The van der Waals surface area contributed by atoms with Gasteiger partial charge in [-0.05, 0) is 114 Å². The summed E-state index contributed by atoms with van der Waals surface area (Å²) >= 11 is 0. The van der Waals surface area contributed by atoms with Gasteiger partial charge in [-0.25, -0.2) is 0 Å². The molecule has 0 spiro atoms. The monoisotopic (exact) mass is 1620 g/mol. The van der Waals surface area contributed by atoms with E-state index in [2.05, 4.69) is 67.1 Å². The molecule has 32 nitrogen and oxygen atoms in total. The molecule has 0 radical (unpaired) electrons. The van der Waals surface area contributed by atoms with E-state index in [4.69, 9.17) is 4.74 Å². The fourth-order valence-electron chi connectivity index (χ4n) is 14.3. The highest BCUT2D eigenvalue weighted by molar-refractivity contribution is 7.86. The lowest BCUT2D eigenvalue weighted by Crippen LogP contribution is -2.29. The summed E-state index contributed by atoms with van der Waals surface area (Å²) in [4.78, 5) is 125. The van der Waals surface area contributed by atoms with Crippen molar-refractivity contribution in [2.24, 2.45) is 14.1 Å². The Kier molecular flexibility index (Phi) is 19.7. The highest BCUT2D eigenvalue weighted by atomic mass is 32.2. The maximum atomic E-state index is 15.0. The number of aromatic nitrogens is 8. The van der Waals surface area contributed by atoms with Crippen LogP contribution in [0.1, 0.15) is 75.1 Å². The SMILES string of the molecule is Cn1c(=O)c(C(=O)c2ccccc2)c2c3c(c(Nc4ccc(S(=O)(=O)O)c(Cc5nc(NCCNc6nc(Nc7ccccc7)nc(Nc7ccc(S(=O)(=O)O)c(Nc8ccc9c%10c8C(=O)c8ccccc8-c%10c(C(=O)c8cccc(S(=O)(=O)O)c8)c(=O)n9C)c7)n6)nc(Nc6ccccc6OC=O)n5)c4)ccc31)C(=O)c1ccccc1-2. The molecule has 0 unspecified atom stereocenters. The zero-order valence-electron chi connectivity index (χ0n) is 60.8. The van der Waals surface area contributed by atoms with Crippen molar-refractivity contribution in [3.63, 3.8) is 0 Å². The molecule has 0 saturated heterocycles. The van der Waals surface area contributed by atoms with Gasteiger partial charge in [-0.1, -0.05) is 121 Å². The number of nitrogens with one attached hydrogen (secondary N) is 7. The van der Waals surface area contributed by atoms with E-state index in [9.17, 15) is 72.5 Å². The largest absolute Gasteiger partial charge is 0.427 e. The second-order valence-electron chi connectivity index (χ2n) is 26.7. The van der Waals surface area contributed by atoms with Gasteiger partial charge in [0.15, 0.2) is 28.9 Å². The smallest absolute Gasteiger partial charge is 0.298 e. The van der Waals surface area contributed by atoms with Crippen molar-refractivity contribution >= 4 is 151 Å². The van der Waals surface area contributed by atoms with Crippen LogP contribution >= 0.6 is 0 Å². The molecule has 2 aliphatic rings. The van der Waals surface area contributed by atoms with Gasteiger partial charge in [-0.15, -0.1) is 0 Å². The van der Waals surface area contributed by atoms with E-state index in [-0.39, 0.29) is 167 Å². The number of hydrogen-bond acceptors (Lipinski definition) is 27. The van der Waals surface area contributed by atoms with Gasteiger partial charge in [-0.3, -0.25) is 47.2 Å². The minimum Gasteiger partial charge on any atom is -0.427 e. The molecule has 0 fully saturated rings. The van der Waals surface area contributed by atoms with Crippen molar-refractivity contribution in [2.75, 3.05) is 50.3 Å². The van der Waals surface area contributed by atoms with Crippen LogP contribution in [0.5, 0.6) is 5.75 Å². The van der Waals surface area contributed by atoms with Crippen molar-refractivity contribution in [3.8, 4) is 28.0 Å². The predicted molar refractivity (Wildman–Crippen MR) is 434 cm³/mol. The second kappa shape index (κ2) is 30.2. The van der Waals surface area contributed by atoms with Crippen LogP contribution in [-0.2, 0) is 55.7 Å². The number of hydrogen-bond donors (Lipinski definition) is 10. The summed E-state index contributed by atoms with van der Waals surface area (Å²) in [6.07, 6.45) is -0.417. The molecule has 10 N–H and O–H groups in total. The number of carbonyl (C=O) groups excluding carboxylic acids is 5. The summed E-state index contributed by atoms with van der Waals surface area (Å²) in [6.45, 7) is 0.189. The standard InChI is InChI=1S/C82H59N15O17S3/c1-96-58-32-30-55(66-68(58)64(50-22-9-11-24-52(50)74(66)101)70(76(96)103)72(99)43-16-5-3-6-17-43)85-47-28-34-61(116(108,109)110)45(38-47)40-63-90-78(92-82(91-63)89-54-26-13-14-27-60(54)114-42-98)83-36-37-84-79-93-80(86-46-19-7-4-8-20-46)95-81(94-79)87-48-29-35-62(117(111,112)113)57(41-48)88-56-31-33-59-69-65(51-23-10-12-25-53(51)75(102)67(56)69)71(77(104)97(59)2)73(100)44-18-15-21-49(39-44)115(105,106)107/h3-35,38-39,41-42,85,88H,36-37,40H2,1-2H3,(H,105,106,107)(H,108,109,110)(H,111,112,113)(H2,83,89,90,91,92)(H3,84,86,87,93,94,95). The molecule has 4 aromatic heterocycles. The molecule has 35 heteroatoms. The molecular formula is C82H59N15O17S3. The first-order valence-corrected chi connectivity index (χ1v) is 39.7. The fourth-order valence-corrected chi connectivity index (χ4v) is 16.1. The van der Waals surface area contributed by atoms with Gasteiger partial charge in [0.25, 0.3) is 47.9 Å². The van der Waals surface area contributed by atoms with Crippen molar-refractivity contribution in [2.45, 2.75) is 21.1 Å². The molecule has 0 saturated carbocycles. The van der Waals surface area contributed by atoms with E-state index in [1.807, 2.05) is 0 Å². The third-order valence-corrected chi connectivity index (χ3v) is 22.2. The molecule has 0 bridgehead atoms. The third kappa shape index (κ3) is 14.7. The first-order chi connectivity index (χ1) is 56.2. The average Bonchev–Trinajstić information content (AvgIpc) is 0.710. The number of ether oxygens (including phenoxy) is 1. The van der Waals surface area contributed by atoms with Gasteiger partial charge in [-0.2, -0.15) is 55.2 Å². The topological polar surface area (TPSA) is 463 Å². The van der Waals surface area contributed by atoms with Crippen molar-refractivity contribution in [1.82, 2.24) is 39.0 Å². The van der Waals surface area contributed by atoms with Gasteiger partial charge < -0.3 is 51.1 Å². The minimum atomic E-state index is -5.08. The van der Waals surface area contributed by atoms with Crippen LogP contribution in [0.3, 0.4) is 0 Å². The molecule has 582 valence electrons. The van der Waals surface area contributed by atoms with Gasteiger partial charge in [0.1, 0.15) is 10.7 Å². The fraction of sp³-hybridized carbons (Fsp3) is 0.0610. The van der Waals surface area contributed by atoms with Crippen molar-refractivity contribution < 1.29 is 67.6 Å². The summed E-state index contributed by atoms with van der Waals surface area (Å²) < 4.78 is 117. The Morgan fingerprint density at radius 2 is 0.880 bits per heavy atom. The van der Waals surface area contributed by atoms with Gasteiger partial charge in [0.2, 0.25) is 29.7 Å². The number of pyridine rings is 2. The van der Waals surface area contributed by atoms with Crippen LogP contribution in [0, 0.1) is 0 Å². The van der Waals surface area contributed by atoms with Gasteiger partial charge >= 0.3 is 0 Å². The molecule has 4 heterocycles. The van der Waals surface area contributed by atoms with Crippen LogP contribution < -0.4 is 53.1 Å². The average molecular weight is 1620 g/mol. The Balaban J connectivity index is 0.708. The molecule has 10 aromatic carbocycles. The highest BCUT2D eigenvalue weighted by Crippen LogP contribution is 2.47. The van der Waals surface area contributed by atoms with Crippen LogP contribution in [0.4, 0.5) is 69.6 Å². The van der Waals surface area contributed by atoms with Crippen molar-refractivity contribution in [1.29, 1.82) is 0 Å². The maximum absolute atomic E-state index is 15.0. The number of anilines is 12. The molecule has 16 rings (SSSR count). The predicted octanol–water partition coefficient (Wildman–Crippen LogP) is 11.8. The van der Waals surface area contributed by atoms with Crippen LogP contribution in [0.25, 0.3) is 44.1 Å². The lowest BCUT2D eigenvalue weighted by molar-refractivity contribution is -0.120. The van der Waals surface area contributed by atoms with Gasteiger partial charge in [0, 0.05) is 94.8 Å². The Morgan fingerprint density at radius 1 is 0.410 bits per heavy atom. The second-order valence-corrected chi connectivity index (χ2v) is 30.9. The maximum Gasteiger partial charge on any atom is 0.298 e. The minimum absolute atomic E-state index is 0.00415. The normalized spacial score (nSPS) is 12.1. The molecule has 117 heavy (non-hydrogen) atoms. The van der Waals surface area contributed by atoms with Crippen LogP contribution in [0.15, 0.2) is 243 Å². The van der Waals surface area contributed by atoms with Crippen LogP contribution in [-0.4, -0.2) is 121 Å². The van der Waals surface area contributed by atoms with E-state index < -0.39 is 91.3 Å². The summed E-state index contributed by atoms with van der Waals surface area (Å²) in [5.74, 6) is -2.99. The number of benzene rings is 10. The Bertz CT molecular complexity index is 7120. The Morgan fingerprint density at radius 3 is 1.45 bits per heavy atom. The lowest BCUT2D eigenvalue weighted by Gasteiger charge is -2.26. The van der Waals surface area contributed by atoms with E-state index in [0.717, 1.165) is 28.8 Å². The lowest BCUT2D eigenvalue weighted by atomic mass is 9.80. The molecule has 0 aliphatic heterocycles. The Hall–Kier alpha value is -14.9. The molecule has 0 amide bonds. The van der Waals surface area contributed by atoms with Crippen LogP contribution in [0.2, 0.25) is 0 Å². The highest BCUT2D eigenvalue weighted by Gasteiger charge is 2.37. The van der Waals surface area contributed by atoms with Gasteiger partial charge in [0.05, 0.1) is 65.8 Å². The molecule has 2 aliphatic carbocycles. The molecular weight excluding hydrogens is 1560 g/mol. The third-order valence-electron chi connectivity index (χ3n) is 19.4. The van der Waals surface area contributed by atoms with E-state index in [0.29, 0.717) is 22.2 Å². The molecule has 0 atom stereocenters. The zero-order chi connectivity index (χ0) is 81.9. The number of carbonyl (C=O) groups is 5. The first kappa shape index (κ1) is 76.1. The number of para-hydroxylation sites is 3. The van der Waals surface area contributed by atoms with Crippen molar-refractivity contribution in [3.05, 3.63) is 295 Å². The summed E-state index contributed by atoms with van der Waals surface area (Å²) in [7, 11) is -12.0. The Labute approximate surface area is 662 Å². The summed E-state index contributed by atoms with van der Waals surface area (Å²) in [6, 6.07) is 54.3. The first-order valence-electron chi connectivity index (χ1n) is 35.4.